The van der Waals surface area contributed by atoms with Crippen LogP contribution in [0.15, 0.2) is 18.3 Å². The number of pyridine rings is 1. The molecule has 0 radical (unpaired) electrons. The minimum atomic E-state index is -4.41. The Labute approximate surface area is 134 Å². The molecule has 0 aliphatic heterocycles. The SMILES string of the molecule is O=C(O)CSCC(=O)NCCc1ccc(OCC(F)(F)F)nc1. The Morgan fingerprint density at radius 2 is 2.04 bits per heavy atom. The predicted molar refractivity (Wildman–Crippen MR) is 77.5 cm³/mol. The fraction of sp³-hybridized carbons (Fsp3) is 0.462. The number of nitrogens with one attached hydrogen (secondary N) is 1. The maximum Gasteiger partial charge on any atom is 0.422 e. The summed E-state index contributed by atoms with van der Waals surface area (Å²) >= 11 is 0.993. The molecule has 1 rings (SSSR count). The number of carbonyl (C=O) groups is 2. The van der Waals surface area contributed by atoms with Gasteiger partial charge >= 0.3 is 12.1 Å². The van der Waals surface area contributed by atoms with Crippen molar-refractivity contribution in [3.8, 4) is 5.88 Å². The van der Waals surface area contributed by atoms with Crippen molar-refractivity contribution in [2.24, 2.45) is 0 Å². The maximum absolute atomic E-state index is 12.0. The highest BCUT2D eigenvalue weighted by Crippen LogP contribution is 2.17. The van der Waals surface area contributed by atoms with Crippen LogP contribution in [0.1, 0.15) is 5.56 Å². The summed E-state index contributed by atoms with van der Waals surface area (Å²) in [5.41, 5.74) is 0.725. The molecule has 0 unspecified atom stereocenters. The number of alkyl halides is 3. The molecule has 1 aromatic heterocycles. The molecule has 0 bridgehead atoms. The standard InChI is InChI=1S/C13H15F3N2O4S/c14-13(15,16)8-22-11-2-1-9(5-18-11)3-4-17-10(19)6-23-7-12(20)21/h1-2,5H,3-4,6-8H2,(H,17,19)(H,20,21). The summed E-state index contributed by atoms with van der Waals surface area (Å²) in [6.07, 6.45) is -2.60. The first-order valence-electron chi connectivity index (χ1n) is 6.47. The number of rotatable bonds is 9. The minimum absolute atomic E-state index is 0.0504. The van der Waals surface area contributed by atoms with Gasteiger partial charge in [-0.05, 0) is 12.0 Å². The first-order chi connectivity index (χ1) is 10.8. The third-order valence-corrected chi connectivity index (χ3v) is 3.29. The second kappa shape index (κ2) is 9.23. The molecule has 128 valence electrons. The number of ether oxygens (including phenoxy) is 1. The fourth-order valence-corrected chi connectivity index (χ4v) is 1.99. The van der Waals surface area contributed by atoms with E-state index in [2.05, 4.69) is 15.0 Å². The Hall–Kier alpha value is -1.97. The normalized spacial score (nSPS) is 11.1. The lowest BCUT2D eigenvalue weighted by Crippen LogP contribution is -2.27. The number of aliphatic carboxylic acids is 1. The van der Waals surface area contributed by atoms with Gasteiger partial charge in [0.05, 0.1) is 11.5 Å². The van der Waals surface area contributed by atoms with Crippen molar-refractivity contribution in [2.45, 2.75) is 12.6 Å². The lowest BCUT2D eigenvalue weighted by atomic mass is 10.2. The predicted octanol–water partition coefficient (Wildman–Crippen LogP) is 1.50. The van der Waals surface area contributed by atoms with E-state index in [9.17, 15) is 22.8 Å². The molecule has 1 aromatic rings. The zero-order valence-corrected chi connectivity index (χ0v) is 12.7. The molecule has 1 heterocycles. The van der Waals surface area contributed by atoms with Gasteiger partial charge in [-0.3, -0.25) is 9.59 Å². The van der Waals surface area contributed by atoms with Gasteiger partial charge in [-0.2, -0.15) is 13.2 Å². The number of halogens is 3. The van der Waals surface area contributed by atoms with Crippen LogP contribution in [0.2, 0.25) is 0 Å². The van der Waals surface area contributed by atoms with Crippen LogP contribution in [-0.4, -0.2) is 52.8 Å². The molecule has 0 aromatic carbocycles. The van der Waals surface area contributed by atoms with Crippen molar-refractivity contribution in [1.82, 2.24) is 10.3 Å². The number of amides is 1. The maximum atomic E-state index is 12.0. The van der Waals surface area contributed by atoms with Crippen molar-refractivity contribution < 1.29 is 32.6 Å². The van der Waals surface area contributed by atoms with Crippen molar-refractivity contribution in [3.05, 3.63) is 23.9 Å². The highest BCUT2D eigenvalue weighted by Gasteiger charge is 2.28. The van der Waals surface area contributed by atoms with Gasteiger partial charge in [0.15, 0.2) is 6.61 Å². The van der Waals surface area contributed by atoms with E-state index >= 15 is 0 Å². The molecule has 0 spiro atoms. The van der Waals surface area contributed by atoms with Gasteiger partial charge in [-0.25, -0.2) is 4.98 Å². The molecular weight excluding hydrogens is 337 g/mol. The molecule has 23 heavy (non-hydrogen) atoms. The fourth-order valence-electron chi connectivity index (χ4n) is 1.43. The van der Waals surface area contributed by atoms with Gasteiger partial charge in [-0.1, -0.05) is 6.07 Å². The number of carboxylic acid groups (broad SMARTS) is 1. The first kappa shape index (κ1) is 19.1. The van der Waals surface area contributed by atoms with Crippen LogP contribution in [0, 0.1) is 0 Å². The second-order valence-electron chi connectivity index (χ2n) is 4.40. The topological polar surface area (TPSA) is 88.5 Å². The molecular formula is C13H15F3N2O4S. The van der Waals surface area contributed by atoms with E-state index in [1.54, 1.807) is 6.07 Å². The largest absolute Gasteiger partial charge is 0.481 e. The highest BCUT2D eigenvalue weighted by molar-refractivity contribution is 8.00. The van der Waals surface area contributed by atoms with E-state index in [1.807, 2.05) is 0 Å². The van der Waals surface area contributed by atoms with Crippen LogP contribution in [0.3, 0.4) is 0 Å². The van der Waals surface area contributed by atoms with Crippen molar-refractivity contribution >= 4 is 23.6 Å². The summed E-state index contributed by atoms with van der Waals surface area (Å²) in [5.74, 6) is -1.48. The van der Waals surface area contributed by atoms with Crippen LogP contribution < -0.4 is 10.1 Å². The van der Waals surface area contributed by atoms with E-state index in [4.69, 9.17) is 5.11 Å². The first-order valence-corrected chi connectivity index (χ1v) is 7.62. The van der Waals surface area contributed by atoms with Crippen LogP contribution in [0.4, 0.5) is 13.2 Å². The van der Waals surface area contributed by atoms with Crippen LogP contribution in [0.5, 0.6) is 5.88 Å². The number of carbonyl (C=O) groups excluding carboxylic acids is 1. The molecule has 1 amide bonds. The summed E-state index contributed by atoms with van der Waals surface area (Å²) in [6, 6.07) is 2.88. The van der Waals surface area contributed by atoms with E-state index < -0.39 is 18.8 Å². The molecule has 2 N–H and O–H groups in total. The number of carboxylic acids is 1. The zero-order chi connectivity index (χ0) is 17.3. The lowest BCUT2D eigenvalue weighted by molar-refractivity contribution is -0.154. The Bertz CT molecular complexity index is 523. The lowest BCUT2D eigenvalue weighted by Gasteiger charge is -2.09. The number of hydrogen-bond donors (Lipinski definition) is 2. The molecule has 0 atom stereocenters. The van der Waals surface area contributed by atoms with E-state index in [1.165, 1.54) is 12.3 Å². The van der Waals surface area contributed by atoms with Crippen molar-refractivity contribution in [3.63, 3.8) is 0 Å². The molecule has 0 saturated carbocycles. The Morgan fingerprint density at radius 3 is 2.61 bits per heavy atom. The molecule has 10 heteroatoms. The smallest absolute Gasteiger partial charge is 0.422 e. The molecule has 6 nitrogen and oxygen atoms in total. The quantitative estimate of drug-likeness (QED) is 0.700. The number of aromatic nitrogens is 1. The Morgan fingerprint density at radius 1 is 1.30 bits per heavy atom. The van der Waals surface area contributed by atoms with Gasteiger partial charge in [0, 0.05) is 18.8 Å². The second-order valence-corrected chi connectivity index (χ2v) is 5.38. The highest BCUT2D eigenvalue weighted by atomic mass is 32.2. The third-order valence-electron chi connectivity index (χ3n) is 2.38. The Balaban J connectivity index is 2.25. The molecule has 0 aliphatic rings. The van der Waals surface area contributed by atoms with Gasteiger partial charge in [-0.15, -0.1) is 11.8 Å². The van der Waals surface area contributed by atoms with Gasteiger partial charge in [0.25, 0.3) is 0 Å². The number of nitrogens with zero attached hydrogens (tertiary/aromatic N) is 1. The van der Waals surface area contributed by atoms with Gasteiger partial charge in [0.2, 0.25) is 11.8 Å². The summed E-state index contributed by atoms with van der Waals surface area (Å²) < 4.78 is 40.4. The van der Waals surface area contributed by atoms with Crippen LogP contribution in [0.25, 0.3) is 0 Å². The van der Waals surface area contributed by atoms with E-state index in [-0.39, 0.29) is 23.3 Å². The van der Waals surface area contributed by atoms with Crippen LogP contribution >= 0.6 is 11.8 Å². The molecule has 0 fully saturated rings. The van der Waals surface area contributed by atoms with Crippen molar-refractivity contribution in [2.75, 3.05) is 24.7 Å². The number of thioether (sulfide) groups is 1. The minimum Gasteiger partial charge on any atom is -0.481 e. The molecule has 0 aliphatic carbocycles. The summed E-state index contributed by atoms with van der Waals surface area (Å²) in [6.45, 7) is -1.08. The van der Waals surface area contributed by atoms with E-state index in [0.717, 1.165) is 17.3 Å². The number of hydrogen-bond acceptors (Lipinski definition) is 5. The Kier molecular flexibility index (Phi) is 7.66. The van der Waals surface area contributed by atoms with Gasteiger partial charge in [0.1, 0.15) is 0 Å². The average Bonchev–Trinajstić information content (AvgIpc) is 2.45. The third kappa shape index (κ3) is 9.61. The monoisotopic (exact) mass is 352 g/mol. The summed E-state index contributed by atoms with van der Waals surface area (Å²) in [7, 11) is 0. The van der Waals surface area contributed by atoms with E-state index in [0.29, 0.717) is 13.0 Å². The summed E-state index contributed by atoms with van der Waals surface area (Å²) in [4.78, 5) is 25.4. The summed E-state index contributed by atoms with van der Waals surface area (Å²) in [5, 5.41) is 11.0. The molecule has 0 saturated heterocycles. The van der Waals surface area contributed by atoms with Crippen molar-refractivity contribution in [1.29, 1.82) is 0 Å². The zero-order valence-electron chi connectivity index (χ0n) is 11.9. The van der Waals surface area contributed by atoms with Gasteiger partial charge < -0.3 is 15.2 Å². The van der Waals surface area contributed by atoms with Crippen LogP contribution in [-0.2, 0) is 16.0 Å². The average molecular weight is 352 g/mol.